The second-order valence-corrected chi connectivity index (χ2v) is 8.25. The number of hydrogen-bond acceptors (Lipinski definition) is 4. The van der Waals surface area contributed by atoms with Crippen LogP contribution in [0.3, 0.4) is 0 Å². The van der Waals surface area contributed by atoms with Crippen molar-refractivity contribution in [1.82, 2.24) is 9.80 Å². The topological polar surface area (TPSA) is 26.8 Å². The summed E-state index contributed by atoms with van der Waals surface area (Å²) in [4.78, 5) is 21.0. The number of nitrogens with zero attached hydrogens (tertiary/aromatic N) is 3. The lowest BCUT2D eigenvalue weighted by atomic mass is 9.95. The number of carbonyl (C=O) groups is 1. The quantitative estimate of drug-likeness (QED) is 0.828. The van der Waals surface area contributed by atoms with Crippen molar-refractivity contribution in [3.05, 3.63) is 52.7 Å². The van der Waals surface area contributed by atoms with E-state index in [0.29, 0.717) is 18.4 Å². The van der Waals surface area contributed by atoms with Crippen LogP contribution in [0.2, 0.25) is 0 Å². The molecular weight excluding hydrogens is 342 g/mol. The molecule has 26 heavy (non-hydrogen) atoms. The second kappa shape index (κ2) is 8.23. The standard InChI is InChI=1S/C21H27N3OS/c25-21(17-22-10-8-18(9-11-22)20-7-4-16-26-20)24-14-12-23(13-15-24)19-5-2-1-3-6-19/h1-7,16,18H,8-15,17H2. The van der Waals surface area contributed by atoms with Crippen LogP contribution in [0.4, 0.5) is 5.69 Å². The third-order valence-corrected chi connectivity index (χ3v) is 6.68. The van der Waals surface area contributed by atoms with Crippen LogP contribution in [0.5, 0.6) is 0 Å². The fourth-order valence-electron chi connectivity index (χ4n) is 4.04. The largest absolute Gasteiger partial charge is 0.368 e. The lowest BCUT2D eigenvalue weighted by Crippen LogP contribution is -2.51. The third-order valence-electron chi connectivity index (χ3n) is 5.65. The summed E-state index contributed by atoms with van der Waals surface area (Å²) in [7, 11) is 0. The SMILES string of the molecule is O=C(CN1CCC(c2cccs2)CC1)N1CCN(c2ccccc2)CC1. The van der Waals surface area contributed by atoms with Crippen LogP contribution in [0.25, 0.3) is 0 Å². The monoisotopic (exact) mass is 369 g/mol. The van der Waals surface area contributed by atoms with E-state index in [1.54, 1.807) is 0 Å². The van der Waals surface area contributed by atoms with Gasteiger partial charge in [0.15, 0.2) is 0 Å². The van der Waals surface area contributed by atoms with Gasteiger partial charge in [0.05, 0.1) is 6.54 Å². The van der Waals surface area contributed by atoms with E-state index in [-0.39, 0.29) is 0 Å². The number of piperidine rings is 1. The molecule has 0 radical (unpaired) electrons. The molecule has 5 heteroatoms. The maximum atomic E-state index is 12.7. The maximum Gasteiger partial charge on any atom is 0.236 e. The highest BCUT2D eigenvalue weighted by molar-refractivity contribution is 7.10. The van der Waals surface area contributed by atoms with Crippen LogP contribution in [0.15, 0.2) is 47.8 Å². The molecule has 1 amide bonds. The molecular formula is C21H27N3OS. The second-order valence-electron chi connectivity index (χ2n) is 7.27. The molecule has 2 aromatic rings. The van der Waals surface area contributed by atoms with E-state index < -0.39 is 0 Å². The number of amides is 1. The summed E-state index contributed by atoms with van der Waals surface area (Å²) in [5.41, 5.74) is 1.26. The molecule has 0 saturated carbocycles. The van der Waals surface area contributed by atoms with E-state index >= 15 is 0 Å². The summed E-state index contributed by atoms with van der Waals surface area (Å²) in [6.45, 7) is 6.18. The van der Waals surface area contributed by atoms with Crippen LogP contribution in [0.1, 0.15) is 23.6 Å². The smallest absolute Gasteiger partial charge is 0.236 e. The Morgan fingerprint density at radius 1 is 0.923 bits per heavy atom. The lowest BCUT2D eigenvalue weighted by molar-refractivity contribution is -0.133. The molecule has 0 unspecified atom stereocenters. The number of para-hydroxylation sites is 1. The Balaban J connectivity index is 1.22. The fourth-order valence-corrected chi connectivity index (χ4v) is 4.94. The number of benzene rings is 1. The molecule has 0 N–H and O–H groups in total. The molecule has 4 nitrogen and oxygen atoms in total. The Morgan fingerprint density at radius 2 is 1.65 bits per heavy atom. The van der Waals surface area contributed by atoms with E-state index in [2.05, 4.69) is 51.6 Å². The normalized spacial score (nSPS) is 19.7. The molecule has 0 aliphatic carbocycles. The van der Waals surface area contributed by atoms with Gasteiger partial charge in [0.2, 0.25) is 5.91 Å². The van der Waals surface area contributed by atoms with E-state index in [9.17, 15) is 4.79 Å². The molecule has 1 aromatic heterocycles. The minimum absolute atomic E-state index is 0.298. The maximum absolute atomic E-state index is 12.7. The molecule has 0 atom stereocenters. The number of rotatable bonds is 4. The van der Waals surface area contributed by atoms with Gasteiger partial charge in [-0.15, -0.1) is 11.3 Å². The average molecular weight is 370 g/mol. The van der Waals surface area contributed by atoms with E-state index in [0.717, 1.165) is 39.3 Å². The minimum Gasteiger partial charge on any atom is -0.368 e. The number of anilines is 1. The number of piperazine rings is 1. The van der Waals surface area contributed by atoms with Crippen molar-refractivity contribution in [2.45, 2.75) is 18.8 Å². The van der Waals surface area contributed by atoms with Gasteiger partial charge in [0.25, 0.3) is 0 Å². The summed E-state index contributed by atoms with van der Waals surface area (Å²) in [5.74, 6) is 0.989. The average Bonchev–Trinajstić information content (AvgIpc) is 3.24. The zero-order chi connectivity index (χ0) is 17.8. The van der Waals surface area contributed by atoms with Crippen molar-refractivity contribution in [3.63, 3.8) is 0 Å². The Labute approximate surface area is 160 Å². The van der Waals surface area contributed by atoms with E-state index in [1.807, 2.05) is 22.3 Å². The van der Waals surface area contributed by atoms with Gasteiger partial charge in [-0.25, -0.2) is 0 Å². The van der Waals surface area contributed by atoms with Gasteiger partial charge in [-0.2, -0.15) is 0 Å². The first-order valence-corrected chi connectivity index (χ1v) is 10.5. The van der Waals surface area contributed by atoms with Crippen molar-refractivity contribution in [2.75, 3.05) is 50.7 Å². The minimum atomic E-state index is 0.298. The first-order valence-electron chi connectivity index (χ1n) is 9.63. The molecule has 2 aliphatic heterocycles. The summed E-state index contributed by atoms with van der Waals surface area (Å²) in [5, 5.41) is 2.17. The Bertz CT molecular complexity index is 687. The highest BCUT2D eigenvalue weighted by atomic mass is 32.1. The summed E-state index contributed by atoms with van der Waals surface area (Å²) >= 11 is 1.87. The van der Waals surface area contributed by atoms with Crippen LogP contribution >= 0.6 is 11.3 Å². The predicted octanol–water partition coefficient (Wildman–Crippen LogP) is 3.28. The predicted molar refractivity (Wildman–Crippen MR) is 108 cm³/mol. The van der Waals surface area contributed by atoms with Crippen molar-refractivity contribution in [2.24, 2.45) is 0 Å². The van der Waals surface area contributed by atoms with Gasteiger partial charge in [-0.05, 0) is 55.4 Å². The lowest BCUT2D eigenvalue weighted by Gasteiger charge is -2.38. The molecule has 138 valence electrons. The van der Waals surface area contributed by atoms with Gasteiger partial charge in [-0.1, -0.05) is 24.3 Å². The zero-order valence-electron chi connectivity index (χ0n) is 15.2. The number of thiophene rings is 1. The van der Waals surface area contributed by atoms with Crippen LogP contribution < -0.4 is 4.90 Å². The van der Waals surface area contributed by atoms with Crippen LogP contribution in [0, 0.1) is 0 Å². The Kier molecular flexibility index (Phi) is 5.56. The van der Waals surface area contributed by atoms with Gasteiger partial charge in [-0.3, -0.25) is 9.69 Å². The van der Waals surface area contributed by atoms with Gasteiger partial charge in [0.1, 0.15) is 0 Å². The molecule has 4 rings (SSSR count). The summed E-state index contributed by atoms with van der Waals surface area (Å²) < 4.78 is 0. The molecule has 3 heterocycles. The molecule has 1 aromatic carbocycles. The molecule has 2 saturated heterocycles. The van der Waals surface area contributed by atoms with Gasteiger partial charge >= 0.3 is 0 Å². The Morgan fingerprint density at radius 3 is 2.31 bits per heavy atom. The molecule has 0 bridgehead atoms. The number of likely N-dealkylation sites (tertiary alicyclic amines) is 1. The van der Waals surface area contributed by atoms with Crippen molar-refractivity contribution >= 4 is 22.9 Å². The highest BCUT2D eigenvalue weighted by Gasteiger charge is 2.26. The fraction of sp³-hybridized carbons (Fsp3) is 0.476. The van der Waals surface area contributed by atoms with Crippen molar-refractivity contribution < 1.29 is 4.79 Å². The highest BCUT2D eigenvalue weighted by Crippen LogP contribution is 2.30. The third kappa shape index (κ3) is 4.10. The van der Waals surface area contributed by atoms with E-state index in [1.165, 1.54) is 23.4 Å². The van der Waals surface area contributed by atoms with E-state index in [4.69, 9.17) is 0 Å². The molecule has 2 fully saturated rings. The van der Waals surface area contributed by atoms with Crippen molar-refractivity contribution in [1.29, 1.82) is 0 Å². The number of hydrogen-bond donors (Lipinski definition) is 0. The van der Waals surface area contributed by atoms with Crippen LogP contribution in [-0.4, -0.2) is 61.5 Å². The van der Waals surface area contributed by atoms with Crippen LogP contribution in [-0.2, 0) is 4.79 Å². The van der Waals surface area contributed by atoms with Crippen molar-refractivity contribution in [3.8, 4) is 0 Å². The Hall–Kier alpha value is -1.85. The molecule has 2 aliphatic rings. The summed E-state index contributed by atoms with van der Waals surface area (Å²) in [6, 6.07) is 14.9. The van der Waals surface area contributed by atoms with Gasteiger partial charge < -0.3 is 9.80 Å². The summed E-state index contributed by atoms with van der Waals surface area (Å²) in [6.07, 6.45) is 2.35. The first kappa shape index (κ1) is 17.6. The zero-order valence-corrected chi connectivity index (χ0v) is 16.0. The number of carbonyl (C=O) groups excluding carboxylic acids is 1. The molecule has 0 spiro atoms. The first-order chi connectivity index (χ1) is 12.8. The van der Waals surface area contributed by atoms with Gasteiger partial charge in [0, 0.05) is 36.7 Å².